The van der Waals surface area contributed by atoms with E-state index >= 15 is 0 Å². The number of guanidine groups is 1. The highest BCUT2D eigenvalue weighted by Crippen LogP contribution is 2.18. The molecule has 7 heteroatoms. The van der Waals surface area contributed by atoms with Gasteiger partial charge in [-0.3, -0.25) is 4.90 Å². The third-order valence-electron chi connectivity index (χ3n) is 5.52. The summed E-state index contributed by atoms with van der Waals surface area (Å²) >= 11 is 0. The smallest absolute Gasteiger partial charge is 0.191 e. The van der Waals surface area contributed by atoms with Crippen LogP contribution >= 0.6 is 0 Å². The zero-order valence-corrected chi connectivity index (χ0v) is 19.7. The van der Waals surface area contributed by atoms with Crippen molar-refractivity contribution in [3.63, 3.8) is 0 Å². The van der Waals surface area contributed by atoms with Crippen LogP contribution in [-0.2, 0) is 11.3 Å². The van der Waals surface area contributed by atoms with Crippen molar-refractivity contribution in [3.05, 3.63) is 47.3 Å². The number of para-hydroxylation sites is 1. The maximum absolute atomic E-state index is 5.97. The first-order valence-electron chi connectivity index (χ1n) is 11.4. The summed E-state index contributed by atoms with van der Waals surface area (Å²) in [4.78, 5) is 7.33. The highest BCUT2D eigenvalue weighted by Gasteiger charge is 2.21. The minimum Gasteiger partial charge on any atom is -0.374 e. The van der Waals surface area contributed by atoms with Gasteiger partial charge in [0.05, 0.1) is 30.6 Å². The van der Waals surface area contributed by atoms with Gasteiger partial charge >= 0.3 is 0 Å². The molecule has 0 amide bonds. The van der Waals surface area contributed by atoms with E-state index in [4.69, 9.17) is 14.8 Å². The Labute approximate surface area is 186 Å². The molecule has 1 aromatic heterocycles. The topological polar surface area (TPSA) is 66.7 Å². The molecule has 1 atom stereocenters. The second-order valence-electron chi connectivity index (χ2n) is 8.62. The third-order valence-corrected chi connectivity index (χ3v) is 5.52. The van der Waals surface area contributed by atoms with Crippen LogP contribution in [0.2, 0.25) is 0 Å². The molecule has 2 heterocycles. The first kappa shape index (κ1) is 23.3. The number of aromatic nitrogens is 2. The van der Waals surface area contributed by atoms with E-state index in [-0.39, 0.29) is 6.10 Å². The van der Waals surface area contributed by atoms with Gasteiger partial charge in [-0.1, -0.05) is 32.0 Å². The van der Waals surface area contributed by atoms with Crippen molar-refractivity contribution >= 4 is 5.96 Å². The molecule has 1 unspecified atom stereocenters. The molecule has 0 bridgehead atoms. The Kier molecular flexibility index (Phi) is 8.49. The van der Waals surface area contributed by atoms with Crippen molar-refractivity contribution in [2.24, 2.45) is 10.9 Å². The number of nitrogens with zero attached hydrogens (tertiary/aromatic N) is 4. The van der Waals surface area contributed by atoms with Gasteiger partial charge in [-0.25, -0.2) is 9.67 Å². The number of hydrogen-bond donors (Lipinski definition) is 2. The van der Waals surface area contributed by atoms with Crippen molar-refractivity contribution in [3.8, 4) is 5.69 Å². The van der Waals surface area contributed by atoms with Crippen molar-refractivity contribution < 1.29 is 4.74 Å². The molecular formula is C24H38N6O. The Morgan fingerprint density at radius 3 is 2.71 bits per heavy atom. The summed E-state index contributed by atoms with van der Waals surface area (Å²) in [5, 5.41) is 11.6. The average molecular weight is 427 g/mol. The fourth-order valence-corrected chi connectivity index (χ4v) is 4.02. The van der Waals surface area contributed by atoms with E-state index in [0.29, 0.717) is 12.5 Å². The fourth-order valence-electron chi connectivity index (χ4n) is 4.02. The Morgan fingerprint density at radius 2 is 2.00 bits per heavy atom. The first-order chi connectivity index (χ1) is 15.0. The van der Waals surface area contributed by atoms with Crippen LogP contribution < -0.4 is 10.6 Å². The van der Waals surface area contributed by atoms with E-state index in [2.05, 4.69) is 62.3 Å². The molecule has 170 valence electrons. The second kappa shape index (κ2) is 11.3. The summed E-state index contributed by atoms with van der Waals surface area (Å²) in [6.45, 7) is 16.8. The van der Waals surface area contributed by atoms with Gasteiger partial charge in [0.1, 0.15) is 0 Å². The molecule has 3 rings (SSSR count). The lowest BCUT2D eigenvalue weighted by atomic mass is 10.2. The van der Waals surface area contributed by atoms with Crippen LogP contribution in [0.3, 0.4) is 0 Å². The number of aryl methyl sites for hydroxylation is 1. The van der Waals surface area contributed by atoms with Crippen LogP contribution in [0, 0.1) is 19.8 Å². The van der Waals surface area contributed by atoms with E-state index in [1.54, 1.807) is 0 Å². The highest BCUT2D eigenvalue weighted by atomic mass is 16.5. The molecule has 0 spiro atoms. The van der Waals surface area contributed by atoms with Crippen LogP contribution in [0.5, 0.6) is 0 Å². The Hall–Kier alpha value is -2.38. The normalized spacial score (nSPS) is 17.9. The van der Waals surface area contributed by atoms with Crippen LogP contribution in [0.15, 0.2) is 35.3 Å². The highest BCUT2D eigenvalue weighted by molar-refractivity contribution is 5.79. The van der Waals surface area contributed by atoms with Gasteiger partial charge in [0, 0.05) is 44.0 Å². The van der Waals surface area contributed by atoms with Gasteiger partial charge in [0.25, 0.3) is 0 Å². The fraction of sp³-hybridized carbons (Fsp3) is 0.583. The SMILES string of the molecule is CCNC(=NCc1c(C)nn(-c2ccccc2)c1C)NCC1CN(CC(C)C)CCO1. The minimum absolute atomic E-state index is 0.181. The molecule has 1 aromatic carbocycles. The molecule has 0 radical (unpaired) electrons. The monoisotopic (exact) mass is 426 g/mol. The minimum atomic E-state index is 0.181. The predicted octanol–water partition coefficient (Wildman–Crippen LogP) is 2.90. The molecule has 2 aromatic rings. The van der Waals surface area contributed by atoms with Crippen LogP contribution in [0.25, 0.3) is 5.69 Å². The number of benzene rings is 1. The van der Waals surface area contributed by atoms with Crippen LogP contribution in [0.1, 0.15) is 37.7 Å². The van der Waals surface area contributed by atoms with E-state index in [9.17, 15) is 0 Å². The summed E-state index contributed by atoms with van der Waals surface area (Å²) in [5.41, 5.74) is 4.38. The summed E-state index contributed by atoms with van der Waals surface area (Å²) < 4.78 is 7.97. The summed E-state index contributed by atoms with van der Waals surface area (Å²) in [5.74, 6) is 1.49. The maximum Gasteiger partial charge on any atom is 0.191 e. The van der Waals surface area contributed by atoms with Gasteiger partial charge in [-0.2, -0.15) is 5.10 Å². The number of ether oxygens (including phenoxy) is 1. The van der Waals surface area contributed by atoms with Crippen molar-refractivity contribution in [1.29, 1.82) is 0 Å². The standard InChI is InChI=1S/C24H38N6O/c1-6-25-24(26-14-22-17-29(12-13-31-22)16-18(2)3)27-15-23-19(4)28-30(20(23)5)21-10-8-7-9-11-21/h7-11,18,22H,6,12-17H2,1-5H3,(H2,25,26,27). The van der Waals surface area contributed by atoms with Gasteiger partial charge in [-0.15, -0.1) is 0 Å². The Bertz CT molecular complexity index is 845. The van der Waals surface area contributed by atoms with E-state index < -0.39 is 0 Å². The molecule has 1 saturated heterocycles. The lowest BCUT2D eigenvalue weighted by Crippen LogP contribution is -2.50. The van der Waals surface area contributed by atoms with E-state index in [0.717, 1.165) is 67.9 Å². The van der Waals surface area contributed by atoms with Crippen LogP contribution in [-0.4, -0.2) is 66.1 Å². The number of nitrogens with one attached hydrogen (secondary N) is 2. The van der Waals surface area contributed by atoms with Gasteiger partial charge in [-0.05, 0) is 38.8 Å². The maximum atomic E-state index is 5.97. The zero-order valence-electron chi connectivity index (χ0n) is 19.7. The van der Waals surface area contributed by atoms with Crippen LogP contribution in [0.4, 0.5) is 0 Å². The Balaban J connectivity index is 1.63. The number of rotatable bonds is 8. The summed E-state index contributed by atoms with van der Waals surface area (Å²) in [6.07, 6.45) is 0.181. The van der Waals surface area contributed by atoms with Crippen molar-refractivity contribution in [2.75, 3.05) is 39.3 Å². The lowest BCUT2D eigenvalue weighted by Gasteiger charge is -2.34. The van der Waals surface area contributed by atoms with Gasteiger partial charge in [0.2, 0.25) is 0 Å². The van der Waals surface area contributed by atoms with Crippen molar-refractivity contribution in [1.82, 2.24) is 25.3 Å². The largest absolute Gasteiger partial charge is 0.374 e. The molecule has 7 nitrogen and oxygen atoms in total. The molecule has 1 aliphatic heterocycles. The summed E-state index contributed by atoms with van der Waals surface area (Å²) in [7, 11) is 0. The third kappa shape index (κ3) is 6.55. The lowest BCUT2D eigenvalue weighted by molar-refractivity contribution is -0.0284. The number of morpholine rings is 1. The Morgan fingerprint density at radius 1 is 1.23 bits per heavy atom. The molecule has 1 fully saturated rings. The number of aliphatic imine (C=N–C) groups is 1. The average Bonchev–Trinajstić information content (AvgIpc) is 3.04. The summed E-state index contributed by atoms with van der Waals surface area (Å²) in [6, 6.07) is 10.2. The van der Waals surface area contributed by atoms with Gasteiger partial charge in [0.15, 0.2) is 5.96 Å². The van der Waals surface area contributed by atoms with E-state index in [1.807, 2.05) is 22.9 Å². The predicted molar refractivity (Wildman–Crippen MR) is 127 cm³/mol. The molecule has 2 N–H and O–H groups in total. The molecule has 31 heavy (non-hydrogen) atoms. The van der Waals surface area contributed by atoms with Gasteiger partial charge < -0.3 is 15.4 Å². The van der Waals surface area contributed by atoms with E-state index in [1.165, 1.54) is 0 Å². The second-order valence-corrected chi connectivity index (χ2v) is 8.62. The molecule has 0 aliphatic carbocycles. The van der Waals surface area contributed by atoms with Crippen molar-refractivity contribution in [2.45, 2.75) is 47.3 Å². The first-order valence-corrected chi connectivity index (χ1v) is 11.4. The quantitative estimate of drug-likeness (QED) is 0.502. The molecular weight excluding hydrogens is 388 g/mol. The zero-order chi connectivity index (χ0) is 22.2. The molecule has 0 saturated carbocycles. The number of hydrogen-bond acceptors (Lipinski definition) is 4. The molecule has 1 aliphatic rings.